The second-order valence-corrected chi connectivity index (χ2v) is 12.3. The number of nitrogens with zero attached hydrogens (tertiary/aromatic N) is 2. The van der Waals surface area contributed by atoms with E-state index >= 15 is 0 Å². The summed E-state index contributed by atoms with van der Waals surface area (Å²) in [5, 5.41) is 3.57. The maximum absolute atomic E-state index is 13.9. The zero-order valence-electron chi connectivity index (χ0n) is 22.8. The molecule has 0 aliphatic carbocycles. The Balaban J connectivity index is 2.03. The highest BCUT2D eigenvalue weighted by Crippen LogP contribution is 2.32. The summed E-state index contributed by atoms with van der Waals surface area (Å²) in [6, 6.07) is 18.3. The predicted molar refractivity (Wildman–Crippen MR) is 158 cm³/mol. The van der Waals surface area contributed by atoms with Crippen molar-refractivity contribution in [2.75, 3.05) is 24.5 Å². The number of carbonyl (C=O) groups is 2. The minimum absolute atomic E-state index is 0.00159. The molecule has 0 aliphatic heterocycles. The summed E-state index contributed by atoms with van der Waals surface area (Å²) in [5.41, 5.74) is 0.901. The Hall–Kier alpha value is -3.27. The molecule has 1 unspecified atom stereocenters. The summed E-state index contributed by atoms with van der Waals surface area (Å²) < 4.78 is 33.8. The average Bonchev–Trinajstić information content (AvgIpc) is 2.94. The normalized spacial score (nSPS) is 12.1. The lowest BCUT2D eigenvalue weighted by atomic mass is 10.1. The second-order valence-electron chi connectivity index (χ2n) is 9.61. The Kier molecular flexibility index (Phi) is 10.8. The van der Waals surface area contributed by atoms with Crippen molar-refractivity contribution < 1.29 is 22.7 Å². The standard InChI is InChI=1S/C29H33Cl2N3O5S/c1-20(2)17-32-29(36)21(3)33(18-22-10-12-23(30)13-11-22)28(35)19-34(24-14-15-27(39-4)26(31)16-24)40(37,38)25-8-6-5-7-9-25/h5-16,20-21H,17-19H2,1-4H3,(H,32,36). The largest absolute Gasteiger partial charge is 0.495 e. The topological polar surface area (TPSA) is 96.0 Å². The van der Waals surface area contributed by atoms with Crippen molar-refractivity contribution in [3.8, 4) is 5.75 Å². The summed E-state index contributed by atoms with van der Waals surface area (Å²) in [7, 11) is -2.75. The predicted octanol–water partition coefficient (Wildman–Crippen LogP) is 5.39. The Morgan fingerprint density at radius 1 is 0.950 bits per heavy atom. The highest BCUT2D eigenvalue weighted by Gasteiger charge is 2.32. The number of ether oxygens (including phenoxy) is 1. The van der Waals surface area contributed by atoms with E-state index in [9.17, 15) is 18.0 Å². The zero-order valence-corrected chi connectivity index (χ0v) is 25.1. The number of hydrogen-bond acceptors (Lipinski definition) is 5. The first-order chi connectivity index (χ1) is 18.9. The number of anilines is 1. The van der Waals surface area contributed by atoms with Gasteiger partial charge in [-0.15, -0.1) is 0 Å². The Bertz CT molecular complexity index is 1420. The number of nitrogens with one attached hydrogen (secondary N) is 1. The quantitative estimate of drug-likeness (QED) is 0.299. The summed E-state index contributed by atoms with van der Waals surface area (Å²) in [6.07, 6.45) is 0. The van der Waals surface area contributed by atoms with Crippen molar-refractivity contribution in [1.82, 2.24) is 10.2 Å². The van der Waals surface area contributed by atoms with Gasteiger partial charge in [0.05, 0.1) is 22.7 Å². The molecule has 3 aromatic rings. The Morgan fingerprint density at radius 3 is 2.17 bits per heavy atom. The number of sulfonamides is 1. The van der Waals surface area contributed by atoms with Crippen molar-refractivity contribution >= 4 is 50.7 Å². The lowest BCUT2D eigenvalue weighted by Crippen LogP contribution is -2.51. The van der Waals surface area contributed by atoms with Gasteiger partial charge in [-0.2, -0.15) is 0 Å². The molecule has 1 atom stereocenters. The molecule has 11 heteroatoms. The van der Waals surface area contributed by atoms with E-state index in [0.29, 0.717) is 17.3 Å². The fourth-order valence-corrected chi connectivity index (χ4v) is 5.69. The van der Waals surface area contributed by atoms with Gasteiger partial charge in [-0.05, 0) is 60.9 Å². The second kappa shape index (κ2) is 13.9. The number of methoxy groups -OCH3 is 1. The first-order valence-corrected chi connectivity index (χ1v) is 14.9. The highest BCUT2D eigenvalue weighted by molar-refractivity contribution is 7.92. The van der Waals surface area contributed by atoms with Crippen LogP contribution in [0.2, 0.25) is 10.0 Å². The molecular formula is C29H33Cl2N3O5S. The molecule has 0 spiro atoms. The molecule has 40 heavy (non-hydrogen) atoms. The maximum Gasteiger partial charge on any atom is 0.264 e. The fraction of sp³-hybridized carbons (Fsp3) is 0.310. The molecule has 0 heterocycles. The van der Waals surface area contributed by atoms with Crippen molar-refractivity contribution in [2.45, 2.75) is 38.3 Å². The zero-order chi connectivity index (χ0) is 29.4. The third-order valence-electron chi connectivity index (χ3n) is 6.15. The summed E-state index contributed by atoms with van der Waals surface area (Å²) in [5.74, 6) is -0.355. The van der Waals surface area contributed by atoms with Crippen LogP contribution in [0, 0.1) is 5.92 Å². The minimum atomic E-state index is -4.20. The van der Waals surface area contributed by atoms with Crippen LogP contribution in [0.4, 0.5) is 5.69 Å². The molecule has 0 saturated carbocycles. The molecule has 3 rings (SSSR count). The molecule has 0 aromatic heterocycles. The Labute approximate surface area is 245 Å². The van der Waals surface area contributed by atoms with Crippen LogP contribution in [-0.4, -0.2) is 51.4 Å². The summed E-state index contributed by atoms with van der Waals surface area (Å²) >= 11 is 12.4. The molecule has 8 nitrogen and oxygen atoms in total. The van der Waals surface area contributed by atoms with Gasteiger partial charge >= 0.3 is 0 Å². The smallest absolute Gasteiger partial charge is 0.264 e. The molecule has 3 aromatic carbocycles. The molecule has 0 bridgehead atoms. The molecule has 0 saturated heterocycles. The van der Waals surface area contributed by atoms with E-state index in [1.54, 1.807) is 49.4 Å². The van der Waals surface area contributed by atoms with Gasteiger partial charge in [0.1, 0.15) is 18.3 Å². The third-order valence-corrected chi connectivity index (χ3v) is 8.49. The van der Waals surface area contributed by atoms with Gasteiger partial charge in [0.25, 0.3) is 10.0 Å². The number of benzene rings is 3. The van der Waals surface area contributed by atoms with Crippen molar-refractivity contribution in [3.63, 3.8) is 0 Å². The molecular weight excluding hydrogens is 573 g/mol. The SMILES string of the molecule is COc1ccc(N(CC(=O)N(Cc2ccc(Cl)cc2)C(C)C(=O)NCC(C)C)S(=O)(=O)c2ccccc2)cc1Cl. The van der Waals surface area contributed by atoms with Crippen LogP contribution in [0.5, 0.6) is 5.75 Å². The molecule has 214 valence electrons. The number of carbonyl (C=O) groups excluding carboxylic acids is 2. The van der Waals surface area contributed by atoms with Crippen molar-refractivity contribution in [1.29, 1.82) is 0 Å². The van der Waals surface area contributed by atoms with E-state index in [2.05, 4.69) is 5.32 Å². The lowest BCUT2D eigenvalue weighted by molar-refractivity contribution is -0.139. The van der Waals surface area contributed by atoms with E-state index in [1.165, 1.54) is 42.3 Å². The van der Waals surface area contributed by atoms with Gasteiger partial charge in [0, 0.05) is 18.1 Å². The summed E-state index contributed by atoms with van der Waals surface area (Å²) in [4.78, 5) is 28.3. The van der Waals surface area contributed by atoms with E-state index < -0.39 is 28.5 Å². The van der Waals surface area contributed by atoms with Crippen LogP contribution in [0.3, 0.4) is 0 Å². The van der Waals surface area contributed by atoms with Crippen LogP contribution in [-0.2, 0) is 26.2 Å². The van der Waals surface area contributed by atoms with E-state index in [1.807, 2.05) is 13.8 Å². The third kappa shape index (κ3) is 7.90. The number of amides is 2. The van der Waals surface area contributed by atoms with Gasteiger partial charge in [0.2, 0.25) is 11.8 Å². The lowest BCUT2D eigenvalue weighted by Gasteiger charge is -2.32. The Morgan fingerprint density at radius 2 is 1.60 bits per heavy atom. The van der Waals surface area contributed by atoms with E-state index in [0.717, 1.165) is 9.87 Å². The highest BCUT2D eigenvalue weighted by atomic mass is 35.5. The van der Waals surface area contributed by atoms with Gasteiger partial charge < -0.3 is 15.0 Å². The minimum Gasteiger partial charge on any atom is -0.495 e. The van der Waals surface area contributed by atoms with Gasteiger partial charge in [-0.1, -0.05) is 67.4 Å². The first-order valence-electron chi connectivity index (χ1n) is 12.7. The number of halogens is 2. The molecule has 1 N–H and O–H groups in total. The summed E-state index contributed by atoms with van der Waals surface area (Å²) in [6.45, 7) is 5.47. The fourth-order valence-electron chi connectivity index (χ4n) is 3.88. The molecule has 2 amide bonds. The van der Waals surface area contributed by atoms with E-state index in [4.69, 9.17) is 27.9 Å². The maximum atomic E-state index is 13.9. The van der Waals surface area contributed by atoms with Gasteiger partial charge in [-0.3, -0.25) is 13.9 Å². The molecule has 0 fully saturated rings. The van der Waals surface area contributed by atoms with E-state index in [-0.39, 0.29) is 34.0 Å². The van der Waals surface area contributed by atoms with Crippen LogP contribution < -0.4 is 14.4 Å². The number of rotatable bonds is 12. The van der Waals surface area contributed by atoms with Crippen molar-refractivity contribution in [3.05, 3.63) is 88.4 Å². The van der Waals surface area contributed by atoms with Crippen LogP contribution in [0.25, 0.3) is 0 Å². The molecule has 0 radical (unpaired) electrons. The van der Waals surface area contributed by atoms with Crippen LogP contribution in [0.1, 0.15) is 26.3 Å². The van der Waals surface area contributed by atoms with Crippen LogP contribution >= 0.6 is 23.2 Å². The first kappa shape index (κ1) is 31.3. The van der Waals surface area contributed by atoms with Crippen LogP contribution in [0.15, 0.2) is 77.7 Å². The monoisotopic (exact) mass is 605 g/mol. The van der Waals surface area contributed by atoms with Crippen molar-refractivity contribution in [2.24, 2.45) is 5.92 Å². The average molecular weight is 607 g/mol. The number of hydrogen-bond donors (Lipinski definition) is 1. The molecule has 0 aliphatic rings. The van der Waals surface area contributed by atoms with Gasteiger partial charge in [-0.25, -0.2) is 8.42 Å². The van der Waals surface area contributed by atoms with Gasteiger partial charge in [0.15, 0.2) is 0 Å².